The first-order valence-electron chi connectivity index (χ1n) is 8.92. The van der Waals surface area contributed by atoms with Crippen molar-refractivity contribution in [2.45, 2.75) is 20.0 Å². The van der Waals surface area contributed by atoms with Gasteiger partial charge >= 0.3 is 5.97 Å². The van der Waals surface area contributed by atoms with Crippen molar-refractivity contribution in [2.24, 2.45) is 0 Å². The van der Waals surface area contributed by atoms with E-state index in [1.54, 1.807) is 35.8 Å². The summed E-state index contributed by atoms with van der Waals surface area (Å²) in [6.07, 6.45) is 1.64. The summed E-state index contributed by atoms with van der Waals surface area (Å²) < 4.78 is 10.2. The van der Waals surface area contributed by atoms with Crippen molar-refractivity contribution in [1.29, 1.82) is 0 Å². The molecule has 0 fully saturated rings. The first-order chi connectivity index (χ1) is 13.5. The van der Waals surface area contributed by atoms with Crippen LogP contribution in [-0.2, 0) is 22.6 Å². The number of hydrogen-bond acceptors (Lipinski definition) is 5. The fraction of sp³-hybridized carbons (Fsp3) is 0.238. The molecule has 0 radical (unpaired) electrons. The lowest BCUT2D eigenvalue weighted by Gasteiger charge is -2.18. The third-order valence-electron chi connectivity index (χ3n) is 4.35. The number of nitrogens with one attached hydrogen (secondary N) is 2. The standard InChI is InChI=1S/C21H22N2O4S/c1-15-7-8-16(21(25)26-2)11-19(15)22-20(24)14-23(12-17-5-3-9-27-17)13-18-6-4-10-28-18/h3-11H,12-14H2,1-2H3,(H,22,24)/p+1. The molecule has 1 unspecified atom stereocenters. The monoisotopic (exact) mass is 399 g/mol. The molecular weight excluding hydrogens is 376 g/mol. The number of carbonyl (C=O) groups excluding carboxylic acids is 2. The normalized spacial score (nSPS) is 11.8. The van der Waals surface area contributed by atoms with E-state index in [1.807, 2.05) is 30.5 Å². The maximum absolute atomic E-state index is 12.7. The maximum Gasteiger partial charge on any atom is 0.337 e. The molecule has 7 heteroatoms. The van der Waals surface area contributed by atoms with Gasteiger partial charge in [0.25, 0.3) is 5.91 Å². The molecule has 0 aliphatic carbocycles. The molecule has 0 saturated carbocycles. The third-order valence-corrected chi connectivity index (χ3v) is 5.23. The minimum atomic E-state index is -0.432. The van der Waals surface area contributed by atoms with E-state index in [4.69, 9.17) is 9.15 Å². The van der Waals surface area contributed by atoms with Gasteiger partial charge in [-0.1, -0.05) is 12.1 Å². The second-order valence-corrected chi connectivity index (χ2v) is 7.54. The van der Waals surface area contributed by atoms with Crippen molar-refractivity contribution >= 4 is 28.9 Å². The number of thiophene rings is 1. The largest absolute Gasteiger partial charge is 0.465 e. The molecule has 28 heavy (non-hydrogen) atoms. The Morgan fingerprint density at radius 3 is 2.71 bits per heavy atom. The van der Waals surface area contributed by atoms with E-state index < -0.39 is 5.97 Å². The summed E-state index contributed by atoms with van der Waals surface area (Å²) in [6, 6.07) is 12.9. The van der Waals surface area contributed by atoms with Crippen molar-refractivity contribution in [3.05, 3.63) is 75.9 Å². The van der Waals surface area contributed by atoms with Gasteiger partial charge in [0.15, 0.2) is 12.3 Å². The molecule has 6 nitrogen and oxygen atoms in total. The minimum Gasteiger partial charge on any atom is -0.465 e. The highest BCUT2D eigenvalue weighted by molar-refractivity contribution is 7.09. The first kappa shape index (κ1) is 19.9. The van der Waals surface area contributed by atoms with Crippen LogP contribution in [0.5, 0.6) is 0 Å². The highest BCUT2D eigenvalue weighted by atomic mass is 32.1. The molecule has 0 spiro atoms. The van der Waals surface area contributed by atoms with Crippen LogP contribution in [0.15, 0.2) is 58.5 Å². The number of methoxy groups -OCH3 is 1. The Morgan fingerprint density at radius 1 is 1.18 bits per heavy atom. The van der Waals surface area contributed by atoms with Gasteiger partial charge in [0.1, 0.15) is 13.1 Å². The highest BCUT2D eigenvalue weighted by Gasteiger charge is 2.19. The van der Waals surface area contributed by atoms with Crippen LogP contribution in [-0.4, -0.2) is 25.5 Å². The SMILES string of the molecule is COC(=O)c1ccc(C)c(NC(=O)C[NH+](Cc2ccco2)Cc2cccs2)c1. The number of esters is 1. The van der Waals surface area contributed by atoms with Crippen LogP contribution < -0.4 is 10.2 Å². The smallest absolute Gasteiger partial charge is 0.337 e. The molecule has 0 bridgehead atoms. The Balaban J connectivity index is 1.70. The molecule has 146 valence electrons. The summed E-state index contributed by atoms with van der Waals surface area (Å²) in [5, 5.41) is 4.95. The molecule has 2 aromatic heterocycles. The van der Waals surface area contributed by atoms with Gasteiger partial charge in [-0.15, -0.1) is 11.3 Å². The van der Waals surface area contributed by atoms with Crippen LogP contribution in [0.3, 0.4) is 0 Å². The predicted octanol–water partition coefficient (Wildman–Crippen LogP) is 2.66. The Kier molecular flexibility index (Phi) is 6.62. The lowest BCUT2D eigenvalue weighted by molar-refractivity contribution is -0.920. The Hall–Kier alpha value is -2.90. The summed E-state index contributed by atoms with van der Waals surface area (Å²) in [7, 11) is 1.33. The van der Waals surface area contributed by atoms with E-state index in [9.17, 15) is 9.59 Å². The molecule has 3 aromatic rings. The van der Waals surface area contributed by atoms with Crippen molar-refractivity contribution < 1.29 is 23.6 Å². The summed E-state index contributed by atoms with van der Waals surface area (Å²) in [4.78, 5) is 26.7. The molecule has 1 aromatic carbocycles. The molecule has 0 saturated heterocycles. The Morgan fingerprint density at radius 2 is 2.04 bits per heavy atom. The van der Waals surface area contributed by atoms with Gasteiger partial charge < -0.3 is 19.4 Å². The maximum atomic E-state index is 12.7. The van der Waals surface area contributed by atoms with Crippen molar-refractivity contribution in [3.8, 4) is 0 Å². The summed E-state index contributed by atoms with van der Waals surface area (Å²) in [6.45, 7) is 3.50. The number of aryl methyl sites for hydroxylation is 1. The van der Waals surface area contributed by atoms with Gasteiger partial charge in [0.2, 0.25) is 0 Å². The third kappa shape index (κ3) is 5.31. The Bertz CT molecular complexity index is 884. The molecule has 2 heterocycles. The fourth-order valence-electron chi connectivity index (χ4n) is 2.93. The summed E-state index contributed by atoms with van der Waals surface area (Å²) in [5.74, 6) is 0.282. The van der Waals surface area contributed by atoms with Crippen LogP contribution >= 0.6 is 11.3 Å². The zero-order valence-electron chi connectivity index (χ0n) is 15.9. The second-order valence-electron chi connectivity index (χ2n) is 6.51. The second kappa shape index (κ2) is 9.34. The van der Waals surface area contributed by atoms with Gasteiger partial charge in [-0.3, -0.25) is 4.79 Å². The number of amides is 1. The average Bonchev–Trinajstić information content (AvgIpc) is 3.37. The minimum absolute atomic E-state index is 0.122. The number of ether oxygens (including phenoxy) is 1. The van der Waals surface area contributed by atoms with Crippen LogP contribution in [0.25, 0.3) is 0 Å². The molecule has 2 N–H and O–H groups in total. The van der Waals surface area contributed by atoms with E-state index in [1.165, 1.54) is 12.0 Å². The Labute approximate surface area is 167 Å². The quantitative estimate of drug-likeness (QED) is 0.571. The molecular formula is C21H23N2O4S+. The van der Waals surface area contributed by atoms with Gasteiger partial charge in [-0.05, 0) is 48.2 Å². The topological polar surface area (TPSA) is 73.0 Å². The van der Waals surface area contributed by atoms with Crippen LogP contribution in [0, 0.1) is 6.92 Å². The van der Waals surface area contributed by atoms with Crippen molar-refractivity contribution in [1.82, 2.24) is 0 Å². The number of benzene rings is 1. The lowest BCUT2D eigenvalue weighted by Crippen LogP contribution is -3.10. The zero-order chi connectivity index (χ0) is 19.9. The van der Waals surface area contributed by atoms with Gasteiger partial charge in [-0.25, -0.2) is 4.79 Å². The first-order valence-corrected chi connectivity index (χ1v) is 9.80. The van der Waals surface area contributed by atoms with Crippen LogP contribution in [0.2, 0.25) is 0 Å². The molecule has 0 aliphatic heterocycles. The fourth-order valence-corrected chi connectivity index (χ4v) is 3.71. The molecule has 1 atom stereocenters. The van der Waals surface area contributed by atoms with E-state index in [-0.39, 0.29) is 12.5 Å². The number of furan rings is 1. The van der Waals surface area contributed by atoms with E-state index in [0.29, 0.717) is 17.8 Å². The molecule has 3 rings (SSSR count). The lowest BCUT2D eigenvalue weighted by atomic mass is 10.1. The zero-order valence-corrected chi connectivity index (χ0v) is 16.7. The number of anilines is 1. The van der Waals surface area contributed by atoms with Gasteiger partial charge in [-0.2, -0.15) is 0 Å². The molecule has 0 aliphatic rings. The summed E-state index contributed by atoms with van der Waals surface area (Å²) >= 11 is 1.67. The number of hydrogen-bond donors (Lipinski definition) is 2. The predicted molar refractivity (Wildman–Crippen MR) is 107 cm³/mol. The van der Waals surface area contributed by atoms with Gasteiger partial charge in [0, 0.05) is 5.69 Å². The van der Waals surface area contributed by atoms with E-state index in [2.05, 4.69) is 11.4 Å². The highest BCUT2D eigenvalue weighted by Crippen LogP contribution is 2.17. The van der Waals surface area contributed by atoms with E-state index >= 15 is 0 Å². The number of carbonyl (C=O) groups is 2. The number of quaternary nitrogens is 1. The van der Waals surface area contributed by atoms with Crippen LogP contribution in [0.4, 0.5) is 5.69 Å². The van der Waals surface area contributed by atoms with Crippen molar-refractivity contribution in [2.75, 3.05) is 19.0 Å². The van der Waals surface area contributed by atoms with Gasteiger partial charge in [0.05, 0.1) is 23.8 Å². The van der Waals surface area contributed by atoms with E-state index in [0.717, 1.165) is 22.8 Å². The van der Waals surface area contributed by atoms with Crippen molar-refractivity contribution in [3.63, 3.8) is 0 Å². The van der Waals surface area contributed by atoms with Crippen LogP contribution in [0.1, 0.15) is 26.6 Å². The average molecular weight is 399 g/mol. The summed E-state index contributed by atoms with van der Waals surface area (Å²) in [5.41, 5.74) is 1.90. The molecule has 1 amide bonds. The number of rotatable bonds is 8.